The summed E-state index contributed by atoms with van der Waals surface area (Å²) in [6, 6.07) is 0. The van der Waals surface area contributed by atoms with Gasteiger partial charge >= 0.3 is 0 Å². The van der Waals surface area contributed by atoms with E-state index in [1.807, 2.05) is 0 Å². The van der Waals surface area contributed by atoms with Crippen LogP contribution >= 0.6 is 27.5 Å². The summed E-state index contributed by atoms with van der Waals surface area (Å²) in [5.41, 5.74) is -0.294. The number of halogens is 4. The largest absolute Gasteiger partial charge is 0.276 e. The van der Waals surface area contributed by atoms with Gasteiger partial charge in [-0.05, 0) is 40.0 Å². The molecule has 2 nitrogen and oxygen atoms in total. The molecule has 0 aliphatic heterocycles. The van der Waals surface area contributed by atoms with Crippen LogP contribution in [0, 0.1) is 6.92 Å². The highest BCUT2D eigenvalue weighted by atomic mass is 79.9. The number of hydrogen-bond acceptors (Lipinski definition) is 2. The molecule has 0 atom stereocenters. The quantitative estimate of drug-likeness (QED) is 0.615. The van der Waals surface area contributed by atoms with E-state index >= 15 is 0 Å². The zero-order chi connectivity index (χ0) is 10.9. The summed E-state index contributed by atoms with van der Waals surface area (Å²) < 4.78 is 25.2. The van der Waals surface area contributed by atoms with Crippen molar-refractivity contribution in [3.05, 3.63) is 27.5 Å². The first-order valence-corrected chi connectivity index (χ1v) is 4.75. The summed E-state index contributed by atoms with van der Waals surface area (Å²) in [5, 5.41) is -0.902. The highest BCUT2D eigenvalue weighted by molar-refractivity contribution is 9.10. The van der Waals surface area contributed by atoms with Crippen LogP contribution in [0.5, 0.6) is 0 Å². The van der Waals surface area contributed by atoms with Crippen LogP contribution in [0.25, 0.3) is 0 Å². The molecule has 0 N–H and O–H groups in total. The first-order chi connectivity index (χ1) is 6.45. The number of alkyl halides is 2. The Morgan fingerprint density at radius 2 is 2.21 bits per heavy atom. The zero-order valence-corrected chi connectivity index (χ0v) is 9.36. The molecule has 0 saturated carbocycles. The molecule has 1 aromatic heterocycles. The summed E-state index contributed by atoms with van der Waals surface area (Å²) in [6.07, 6.45) is -1.82. The Balaban J connectivity index is 3.45. The summed E-state index contributed by atoms with van der Waals surface area (Å²) in [5.74, 6) is 0. The molecule has 0 aliphatic rings. The average Bonchev–Trinajstić information content (AvgIpc) is 2.08. The Kier molecular flexibility index (Phi) is 3.55. The van der Waals surface area contributed by atoms with Gasteiger partial charge in [0.15, 0.2) is 0 Å². The van der Waals surface area contributed by atoms with E-state index in [9.17, 15) is 13.6 Å². The minimum absolute atomic E-state index is 0.177. The number of hydrogen-bond donors (Lipinski definition) is 0. The lowest BCUT2D eigenvalue weighted by atomic mass is 10.1. The minimum atomic E-state index is -2.76. The number of carbonyl (C=O) groups is 1. The van der Waals surface area contributed by atoms with Crippen molar-refractivity contribution in [1.82, 2.24) is 4.98 Å². The molecule has 0 amide bonds. The van der Waals surface area contributed by atoms with Crippen LogP contribution in [0.4, 0.5) is 8.78 Å². The molecular formula is C8H5BrClF2NO. The van der Waals surface area contributed by atoms with Gasteiger partial charge < -0.3 is 0 Å². The Hall–Kier alpha value is -0.550. The Labute approximate surface area is 92.4 Å². The van der Waals surface area contributed by atoms with E-state index in [4.69, 9.17) is 11.6 Å². The lowest BCUT2D eigenvalue weighted by Gasteiger charge is -2.08. The topological polar surface area (TPSA) is 30.0 Å². The Morgan fingerprint density at radius 3 is 2.64 bits per heavy atom. The molecule has 0 aliphatic carbocycles. The lowest BCUT2D eigenvalue weighted by Crippen LogP contribution is -2.03. The van der Waals surface area contributed by atoms with Gasteiger partial charge in [-0.1, -0.05) is 0 Å². The summed E-state index contributed by atoms with van der Waals surface area (Å²) in [7, 11) is 0. The van der Waals surface area contributed by atoms with Crippen LogP contribution in [-0.4, -0.2) is 10.2 Å². The fraction of sp³-hybridized carbons (Fsp3) is 0.250. The van der Waals surface area contributed by atoms with Gasteiger partial charge in [-0.15, -0.1) is 0 Å². The van der Waals surface area contributed by atoms with E-state index in [-0.39, 0.29) is 5.56 Å². The van der Waals surface area contributed by atoms with Crippen LogP contribution in [0.3, 0.4) is 0 Å². The van der Waals surface area contributed by atoms with E-state index in [1.165, 1.54) is 6.92 Å². The predicted molar refractivity (Wildman–Crippen MR) is 51.8 cm³/mol. The second kappa shape index (κ2) is 4.31. The van der Waals surface area contributed by atoms with Gasteiger partial charge in [-0.2, -0.15) is 0 Å². The van der Waals surface area contributed by atoms with Crippen LogP contribution in [-0.2, 0) is 0 Å². The number of nitrogens with zero attached hydrogens (tertiary/aromatic N) is 1. The minimum Gasteiger partial charge on any atom is -0.276 e. The van der Waals surface area contributed by atoms with Crippen molar-refractivity contribution in [2.75, 3.05) is 0 Å². The fourth-order valence-corrected chi connectivity index (χ4v) is 1.59. The molecule has 1 aromatic rings. The van der Waals surface area contributed by atoms with Crippen LogP contribution in [0.15, 0.2) is 10.8 Å². The number of carbonyl (C=O) groups excluding carboxylic acids is 1. The first kappa shape index (κ1) is 11.5. The third-order valence-corrected chi connectivity index (χ3v) is 2.71. The normalized spacial score (nSPS) is 10.7. The van der Waals surface area contributed by atoms with E-state index < -0.39 is 17.2 Å². The monoisotopic (exact) mass is 283 g/mol. The van der Waals surface area contributed by atoms with E-state index in [1.54, 1.807) is 0 Å². The fourth-order valence-electron chi connectivity index (χ4n) is 1.03. The molecule has 0 saturated heterocycles. The molecule has 0 unspecified atom stereocenters. The van der Waals surface area contributed by atoms with Crippen molar-refractivity contribution >= 4 is 32.8 Å². The second-order valence-electron chi connectivity index (χ2n) is 2.58. The predicted octanol–water partition coefficient (Wildman–Crippen LogP) is 3.47. The third-order valence-electron chi connectivity index (χ3n) is 1.72. The van der Waals surface area contributed by atoms with Crippen molar-refractivity contribution in [3.8, 4) is 0 Å². The van der Waals surface area contributed by atoms with Crippen molar-refractivity contribution in [2.45, 2.75) is 13.3 Å². The zero-order valence-electron chi connectivity index (χ0n) is 7.02. The first-order valence-electron chi connectivity index (χ1n) is 3.58. The lowest BCUT2D eigenvalue weighted by molar-refractivity contribution is 0.106. The van der Waals surface area contributed by atoms with Crippen molar-refractivity contribution in [1.29, 1.82) is 0 Å². The maximum absolute atomic E-state index is 12.4. The van der Waals surface area contributed by atoms with Gasteiger partial charge in [0, 0.05) is 11.8 Å². The van der Waals surface area contributed by atoms with E-state index in [2.05, 4.69) is 20.9 Å². The Bertz CT molecular complexity index is 384. The molecule has 0 fully saturated rings. The second-order valence-corrected chi connectivity index (χ2v) is 3.67. The van der Waals surface area contributed by atoms with Gasteiger partial charge in [0.25, 0.3) is 11.7 Å². The molecule has 1 heterocycles. The SMILES string of the molecule is Cc1c(Br)ncc(C(F)F)c1C(=O)Cl. The summed E-state index contributed by atoms with van der Waals surface area (Å²) in [4.78, 5) is 14.6. The molecule has 0 bridgehead atoms. The van der Waals surface area contributed by atoms with Gasteiger partial charge in [-0.25, -0.2) is 13.8 Å². The third kappa shape index (κ3) is 2.09. The highest BCUT2D eigenvalue weighted by Crippen LogP contribution is 2.28. The number of pyridine rings is 1. The van der Waals surface area contributed by atoms with Crippen LogP contribution in [0.1, 0.15) is 27.9 Å². The maximum atomic E-state index is 12.4. The molecular weight excluding hydrogens is 279 g/mol. The van der Waals surface area contributed by atoms with Crippen LogP contribution < -0.4 is 0 Å². The van der Waals surface area contributed by atoms with E-state index in [0.717, 1.165) is 6.20 Å². The highest BCUT2D eigenvalue weighted by Gasteiger charge is 2.21. The standard InChI is InChI=1S/C8H5BrClF2NO/c1-3-5(7(10)14)4(8(11)12)2-13-6(3)9/h2,8H,1H3. The van der Waals surface area contributed by atoms with Gasteiger partial charge in [0.2, 0.25) is 0 Å². The molecule has 76 valence electrons. The van der Waals surface area contributed by atoms with Crippen molar-refractivity contribution in [3.63, 3.8) is 0 Å². The maximum Gasteiger partial charge on any atom is 0.266 e. The Morgan fingerprint density at radius 1 is 1.64 bits per heavy atom. The summed E-state index contributed by atoms with van der Waals surface area (Å²) >= 11 is 8.24. The molecule has 0 spiro atoms. The molecule has 1 rings (SSSR count). The van der Waals surface area contributed by atoms with Crippen molar-refractivity contribution < 1.29 is 13.6 Å². The molecule has 6 heteroatoms. The van der Waals surface area contributed by atoms with E-state index in [0.29, 0.717) is 10.2 Å². The molecule has 0 aromatic carbocycles. The molecule has 14 heavy (non-hydrogen) atoms. The summed E-state index contributed by atoms with van der Waals surface area (Å²) in [6.45, 7) is 1.50. The van der Waals surface area contributed by atoms with Gasteiger partial charge in [0.05, 0.1) is 5.56 Å². The number of rotatable bonds is 2. The van der Waals surface area contributed by atoms with Gasteiger partial charge in [-0.3, -0.25) is 4.79 Å². The average molecular weight is 284 g/mol. The van der Waals surface area contributed by atoms with Crippen molar-refractivity contribution in [2.24, 2.45) is 0 Å². The smallest absolute Gasteiger partial charge is 0.266 e. The van der Waals surface area contributed by atoms with Crippen LogP contribution in [0.2, 0.25) is 0 Å². The number of aromatic nitrogens is 1. The van der Waals surface area contributed by atoms with Gasteiger partial charge in [0.1, 0.15) is 4.60 Å². The molecule has 0 radical (unpaired) electrons.